The van der Waals surface area contributed by atoms with E-state index in [0.29, 0.717) is 18.0 Å². The summed E-state index contributed by atoms with van der Waals surface area (Å²) in [5.74, 6) is 3.13. The van der Waals surface area contributed by atoms with E-state index in [2.05, 4.69) is 36.3 Å². The molecule has 1 aliphatic heterocycles. The summed E-state index contributed by atoms with van der Waals surface area (Å²) in [4.78, 5) is 4.47. The summed E-state index contributed by atoms with van der Waals surface area (Å²) >= 11 is 2.05. The second-order valence-corrected chi connectivity index (χ2v) is 5.85. The van der Waals surface area contributed by atoms with E-state index in [1.807, 2.05) is 24.0 Å². The Morgan fingerprint density at radius 2 is 2.31 bits per heavy atom. The van der Waals surface area contributed by atoms with Gasteiger partial charge in [-0.1, -0.05) is 19.9 Å². The Morgan fingerprint density at radius 1 is 1.44 bits per heavy atom. The highest BCUT2D eigenvalue weighted by atomic mass is 32.2. The molecule has 2 unspecified atom stereocenters. The first-order valence-corrected chi connectivity index (χ1v) is 7.17. The number of hydrogen-bond acceptors (Lipinski definition) is 3. The summed E-state index contributed by atoms with van der Waals surface area (Å²) in [7, 11) is 0. The minimum absolute atomic E-state index is 0.393. The van der Waals surface area contributed by atoms with Crippen molar-refractivity contribution in [2.45, 2.75) is 32.4 Å². The van der Waals surface area contributed by atoms with Gasteiger partial charge < -0.3 is 5.32 Å². The molecule has 1 aromatic heterocycles. The van der Waals surface area contributed by atoms with Crippen molar-refractivity contribution in [1.29, 1.82) is 0 Å². The number of pyridine rings is 1. The van der Waals surface area contributed by atoms with E-state index < -0.39 is 0 Å². The Hall–Kier alpha value is -0.540. The van der Waals surface area contributed by atoms with Gasteiger partial charge in [-0.2, -0.15) is 11.8 Å². The predicted molar refractivity (Wildman–Crippen MR) is 70.7 cm³/mol. The van der Waals surface area contributed by atoms with Gasteiger partial charge in [0.2, 0.25) is 0 Å². The average Bonchev–Trinajstić information content (AvgIpc) is 2.79. The number of aromatic nitrogens is 1. The molecule has 16 heavy (non-hydrogen) atoms. The molecule has 2 heterocycles. The average molecular weight is 236 g/mol. The molecule has 0 aromatic carbocycles. The summed E-state index contributed by atoms with van der Waals surface area (Å²) in [6, 6.07) is 7.23. The lowest BCUT2D eigenvalue weighted by atomic mass is 9.99. The van der Waals surface area contributed by atoms with Gasteiger partial charge in [0, 0.05) is 18.0 Å². The molecule has 2 rings (SSSR count). The quantitative estimate of drug-likeness (QED) is 0.870. The van der Waals surface area contributed by atoms with Crippen LogP contribution in [-0.4, -0.2) is 22.5 Å². The summed E-state index contributed by atoms with van der Waals surface area (Å²) < 4.78 is 0. The van der Waals surface area contributed by atoms with Crippen LogP contribution in [0.15, 0.2) is 24.4 Å². The smallest absolute Gasteiger partial charge is 0.0575 e. The van der Waals surface area contributed by atoms with Crippen molar-refractivity contribution in [1.82, 2.24) is 10.3 Å². The Morgan fingerprint density at radius 3 is 2.88 bits per heavy atom. The summed E-state index contributed by atoms with van der Waals surface area (Å²) in [5, 5.41) is 3.75. The molecule has 0 radical (unpaired) electrons. The molecular weight excluding hydrogens is 216 g/mol. The van der Waals surface area contributed by atoms with Gasteiger partial charge in [-0.15, -0.1) is 0 Å². The van der Waals surface area contributed by atoms with Gasteiger partial charge in [0.1, 0.15) is 0 Å². The third-order valence-electron chi connectivity index (χ3n) is 3.02. The van der Waals surface area contributed by atoms with Gasteiger partial charge in [-0.05, 0) is 30.2 Å². The van der Waals surface area contributed by atoms with Crippen LogP contribution in [0.25, 0.3) is 0 Å². The van der Waals surface area contributed by atoms with Crippen LogP contribution in [0.1, 0.15) is 32.0 Å². The highest BCUT2D eigenvalue weighted by molar-refractivity contribution is 7.99. The molecule has 1 fully saturated rings. The standard InChI is InChI=1S/C13H20N2S/c1-10(2)13(12-5-3-4-7-14-12)15-11-6-8-16-9-11/h3-5,7,10-11,13,15H,6,8-9H2,1-2H3. The summed E-state index contributed by atoms with van der Waals surface area (Å²) in [6.07, 6.45) is 3.18. The Labute approximate surface area is 102 Å². The molecule has 0 aliphatic carbocycles. The monoisotopic (exact) mass is 236 g/mol. The van der Waals surface area contributed by atoms with E-state index >= 15 is 0 Å². The summed E-state index contributed by atoms with van der Waals surface area (Å²) in [6.45, 7) is 4.52. The molecule has 0 bridgehead atoms. The zero-order valence-corrected chi connectivity index (χ0v) is 10.8. The lowest BCUT2D eigenvalue weighted by Crippen LogP contribution is -2.35. The summed E-state index contributed by atoms with van der Waals surface area (Å²) in [5.41, 5.74) is 1.18. The largest absolute Gasteiger partial charge is 0.305 e. The maximum atomic E-state index is 4.47. The van der Waals surface area contributed by atoms with Gasteiger partial charge in [0.25, 0.3) is 0 Å². The van der Waals surface area contributed by atoms with Crippen molar-refractivity contribution >= 4 is 11.8 Å². The molecule has 2 nitrogen and oxygen atoms in total. The van der Waals surface area contributed by atoms with Crippen LogP contribution >= 0.6 is 11.8 Å². The van der Waals surface area contributed by atoms with Gasteiger partial charge in [0.05, 0.1) is 11.7 Å². The van der Waals surface area contributed by atoms with E-state index in [1.165, 1.54) is 23.6 Å². The Kier molecular flexibility index (Phi) is 4.24. The second-order valence-electron chi connectivity index (χ2n) is 4.70. The lowest BCUT2D eigenvalue weighted by molar-refractivity contribution is 0.366. The zero-order chi connectivity index (χ0) is 11.4. The third kappa shape index (κ3) is 2.98. The predicted octanol–water partition coefficient (Wildman–Crippen LogP) is 2.87. The Balaban J connectivity index is 2.05. The van der Waals surface area contributed by atoms with Gasteiger partial charge >= 0.3 is 0 Å². The number of hydrogen-bond donors (Lipinski definition) is 1. The van der Waals surface area contributed by atoms with E-state index in [1.54, 1.807) is 0 Å². The van der Waals surface area contributed by atoms with Crippen molar-refractivity contribution in [3.63, 3.8) is 0 Å². The maximum absolute atomic E-state index is 4.47. The third-order valence-corrected chi connectivity index (χ3v) is 4.18. The first-order chi connectivity index (χ1) is 7.77. The minimum atomic E-state index is 0.393. The van der Waals surface area contributed by atoms with Gasteiger partial charge in [-0.3, -0.25) is 4.98 Å². The lowest BCUT2D eigenvalue weighted by Gasteiger charge is -2.25. The fourth-order valence-corrected chi connectivity index (χ4v) is 3.26. The van der Waals surface area contributed by atoms with Crippen molar-refractivity contribution in [3.8, 4) is 0 Å². The number of nitrogens with one attached hydrogen (secondary N) is 1. The molecule has 3 heteroatoms. The number of rotatable bonds is 4. The van der Waals surface area contributed by atoms with Crippen LogP contribution in [0, 0.1) is 5.92 Å². The normalized spacial score (nSPS) is 22.6. The molecular formula is C13H20N2S. The van der Waals surface area contributed by atoms with Crippen molar-refractivity contribution in [3.05, 3.63) is 30.1 Å². The molecule has 0 spiro atoms. The topological polar surface area (TPSA) is 24.9 Å². The van der Waals surface area contributed by atoms with Gasteiger partial charge in [0.15, 0.2) is 0 Å². The van der Waals surface area contributed by atoms with Crippen LogP contribution in [0.2, 0.25) is 0 Å². The van der Waals surface area contributed by atoms with Crippen molar-refractivity contribution in [2.24, 2.45) is 5.92 Å². The second kappa shape index (κ2) is 5.69. The fraction of sp³-hybridized carbons (Fsp3) is 0.615. The molecule has 0 amide bonds. The minimum Gasteiger partial charge on any atom is -0.305 e. The van der Waals surface area contributed by atoms with Crippen LogP contribution in [-0.2, 0) is 0 Å². The van der Waals surface area contributed by atoms with Crippen molar-refractivity contribution < 1.29 is 0 Å². The molecule has 0 saturated carbocycles. The van der Waals surface area contributed by atoms with Gasteiger partial charge in [-0.25, -0.2) is 0 Å². The maximum Gasteiger partial charge on any atom is 0.0575 e. The highest BCUT2D eigenvalue weighted by Crippen LogP contribution is 2.24. The highest BCUT2D eigenvalue weighted by Gasteiger charge is 2.23. The van der Waals surface area contributed by atoms with Crippen LogP contribution < -0.4 is 5.32 Å². The molecule has 88 valence electrons. The zero-order valence-electron chi connectivity index (χ0n) is 10.0. The number of nitrogens with zero attached hydrogens (tertiary/aromatic N) is 1. The first-order valence-electron chi connectivity index (χ1n) is 6.02. The van der Waals surface area contributed by atoms with Crippen LogP contribution in [0.4, 0.5) is 0 Å². The van der Waals surface area contributed by atoms with E-state index in [4.69, 9.17) is 0 Å². The SMILES string of the molecule is CC(C)C(NC1CCSC1)c1ccccn1. The number of thioether (sulfide) groups is 1. The Bertz CT molecular complexity index is 307. The van der Waals surface area contributed by atoms with Crippen LogP contribution in [0.5, 0.6) is 0 Å². The first kappa shape index (κ1) is 11.9. The molecule has 2 atom stereocenters. The van der Waals surface area contributed by atoms with E-state index in [-0.39, 0.29) is 0 Å². The van der Waals surface area contributed by atoms with Crippen molar-refractivity contribution in [2.75, 3.05) is 11.5 Å². The van der Waals surface area contributed by atoms with E-state index in [9.17, 15) is 0 Å². The fourth-order valence-electron chi connectivity index (χ4n) is 2.10. The van der Waals surface area contributed by atoms with Crippen LogP contribution in [0.3, 0.4) is 0 Å². The molecule has 1 saturated heterocycles. The molecule has 1 N–H and O–H groups in total. The molecule has 1 aliphatic rings. The van der Waals surface area contributed by atoms with E-state index in [0.717, 1.165) is 0 Å². The molecule has 1 aromatic rings.